The van der Waals surface area contributed by atoms with Gasteiger partial charge in [0, 0.05) is 6.54 Å². The van der Waals surface area contributed by atoms with Crippen LogP contribution in [0.3, 0.4) is 0 Å². The summed E-state index contributed by atoms with van der Waals surface area (Å²) in [5.74, 6) is 0.358. The van der Waals surface area contributed by atoms with E-state index in [0.29, 0.717) is 90.5 Å². The highest BCUT2D eigenvalue weighted by atomic mass is 16.6. The fourth-order valence-corrected chi connectivity index (χ4v) is 18.2. The van der Waals surface area contributed by atoms with E-state index in [1.54, 1.807) is 30.3 Å². The number of alkyl carbamates (subject to hydrolysis) is 1. The minimum Gasteiger partial charge on any atom is -0.508 e. The molecule has 0 radical (unpaired) electrons. The number of aliphatic carboxylic acids is 3. The van der Waals surface area contributed by atoms with E-state index < -0.39 is 42.1 Å². The molecule has 0 aromatic heterocycles. The average molecular weight is 1500 g/mol. The molecular weight excluding hydrogens is 1380 g/mol. The number of aliphatic hydroxyl groups is 3. The monoisotopic (exact) mass is 1500 g/mol. The fraction of sp³-hybridized carbons (Fsp3) is 0.586. The Hall–Kier alpha value is -8.40. The molecule has 9 N–H and O–H groups in total. The summed E-state index contributed by atoms with van der Waals surface area (Å²) in [4.78, 5) is 70.6. The second-order valence-electron chi connectivity index (χ2n) is 30.9. The molecule has 11 rings (SSSR count). The molecule has 0 spiro atoms. The Balaban J connectivity index is 0.000000187. The van der Waals surface area contributed by atoms with Crippen molar-refractivity contribution in [3.63, 3.8) is 0 Å². The van der Waals surface area contributed by atoms with Crippen LogP contribution in [-0.2, 0) is 67.1 Å². The first-order chi connectivity index (χ1) is 52.1. The number of aliphatic hydroxyl groups excluding tert-OH is 3. The van der Waals surface area contributed by atoms with Gasteiger partial charge in [0.05, 0.1) is 23.9 Å². The number of carboxylic acid groups (broad SMARTS) is 3. The van der Waals surface area contributed by atoms with E-state index in [-0.39, 0.29) is 85.1 Å². The topological polar surface area (TPSA) is 332 Å². The number of carboxylic acids is 3. The number of benzene rings is 5. The number of para-hydroxylation sites is 1. The molecule has 6 aliphatic rings. The third kappa shape index (κ3) is 23.8. The van der Waals surface area contributed by atoms with Crippen molar-refractivity contribution in [1.29, 1.82) is 0 Å². The van der Waals surface area contributed by atoms with Crippen LogP contribution in [0.15, 0.2) is 103 Å². The number of ether oxygens (including phenoxy) is 6. The van der Waals surface area contributed by atoms with Crippen molar-refractivity contribution in [3.8, 4) is 28.7 Å². The second-order valence-corrected chi connectivity index (χ2v) is 30.9. The van der Waals surface area contributed by atoms with Gasteiger partial charge in [-0.05, 0) is 276 Å². The molecule has 15 atom stereocenters. The van der Waals surface area contributed by atoms with Crippen LogP contribution in [0, 0.1) is 53.3 Å². The van der Waals surface area contributed by atoms with E-state index >= 15 is 0 Å². The number of hydrogen-bond donors (Lipinski definition) is 9. The Labute approximate surface area is 636 Å². The maximum atomic E-state index is 12.8. The lowest BCUT2D eigenvalue weighted by molar-refractivity contribution is -0.140. The Morgan fingerprint density at radius 3 is 1.18 bits per heavy atom. The van der Waals surface area contributed by atoms with Crippen molar-refractivity contribution in [3.05, 3.63) is 148 Å². The highest BCUT2D eigenvalue weighted by Crippen LogP contribution is 2.52. The third-order valence-electron chi connectivity index (χ3n) is 23.5. The summed E-state index contributed by atoms with van der Waals surface area (Å²) in [6.07, 6.45) is 22.1. The Morgan fingerprint density at radius 1 is 0.426 bits per heavy atom. The number of hydrogen-bond acceptors (Lipinski definition) is 17. The van der Waals surface area contributed by atoms with Crippen LogP contribution in [0.5, 0.6) is 28.7 Å². The number of phenols is 2. The summed E-state index contributed by atoms with van der Waals surface area (Å²) < 4.78 is 34.1. The van der Waals surface area contributed by atoms with Gasteiger partial charge >= 0.3 is 35.9 Å². The van der Waals surface area contributed by atoms with E-state index in [9.17, 15) is 54.3 Å². The number of phenolic OH excluding ortho intramolecular Hbond substituents is 2. The number of carbonyl (C=O) groups excluding carboxylic acids is 3. The maximum absolute atomic E-state index is 12.8. The van der Waals surface area contributed by atoms with Gasteiger partial charge in [-0.2, -0.15) is 0 Å². The molecule has 21 nitrogen and oxygen atoms in total. The van der Waals surface area contributed by atoms with Gasteiger partial charge in [0.2, 0.25) is 0 Å². The summed E-state index contributed by atoms with van der Waals surface area (Å²) in [6, 6.07) is 30.1. The molecule has 0 aliphatic heterocycles. The van der Waals surface area contributed by atoms with Crippen LogP contribution in [0.4, 0.5) is 4.79 Å². The SMILES string of the molecule is CCCCC[C@@H](CC[C@@H]1[C@H]2Cc3cccc(OCC(=O)O)c3C[C@H]2C[C@H]1O)OC(=O)NCCC.CCCCC[C@@H](CC[C@@H]1[C@H]2Cc3cccc(OCC(=O)O)c3C[C@H]2C[C@H]1O)OC(=O)c1cccc(O)c1.CCCCC[C@@H](CC[C@@H]1[C@H]2Cc3cccc(OCC(=O)O)c3C[C@H]2C[C@H]1O)OC(=O)c1ccccc1O. The smallest absolute Gasteiger partial charge is 0.407 e. The number of nitrogens with one attached hydrogen (secondary N) is 1. The number of amides is 1. The quantitative estimate of drug-likeness (QED) is 0.0101. The van der Waals surface area contributed by atoms with Crippen molar-refractivity contribution in [2.24, 2.45) is 53.3 Å². The summed E-state index contributed by atoms with van der Waals surface area (Å²) in [7, 11) is 0. The fourth-order valence-electron chi connectivity index (χ4n) is 18.2. The van der Waals surface area contributed by atoms with Gasteiger partial charge in [-0.15, -0.1) is 0 Å². The molecule has 590 valence electrons. The molecule has 3 fully saturated rings. The highest BCUT2D eigenvalue weighted by Gasteiger charge is 2.48. The van der Waals surface area contributed by atoms with Gasteiger partial charge in [0.1, 0.15) is 52.6 Å². The maximum Gasteiger partial charge on any atom is 0.407 e. The molecule has 0 bridgehead atoms. The predicted molar refractivity (Wildman–Crippen MR) is 408 cm³/mol. The number of aromatic hydroxyl groups is 2. The van der Waals surface area contributed by atoms with Gasteiger partial charge in [0.15, 0.2) is 19.8 Å². The van der Waals surface area contributed by atoms with E-state index in [0.717, 1.165) is 182 Å². The molecule has 108 heavy (non-hydrogen) atoms. The first-order valence-electron chi connectivity index (χ1n) is 40.0. The summed E-state index contributed by atoms with van der Waals surface area (Å²) in [5.41, 5.74) is 7.25. The van der Waals surface area contributed by atoms with Crippen LogP contribution in [0.2, 0.25) is 0 Å². The number of rotatable bonds is 37. The van der Waals surface area contributed by atoms with E-state index in [2.05, 4.69) is 44.3 Å². The van der Waals surface area contributed by atoms with Gasteiger partial charge in [0.25, 0.3) is 0 Å². The van der Waals surface area contributed by atoms with E-state index in [1.165, 1.54) is 23.8 Å². The first kappa shape index (κ1) is 83.6. The summed E-state index contributed by atoms with van der Waals surface area (Å²) >= 11 is 0. The lowest BCUT2D eigenvalue weighted by Crippen LogP contribution is -2.31. The van der Waals surface area contributed by atoms with Crippen molar-refractivity contribution < 1.29 is 98.0 Å². The molecule has 5 aromatic rings. The number of fused-ring (bicyclic) bond motifs is 6. The van der Waals surface area contributed by atoms with E-state index in [4.69, 9.17) is 43.7 Å². The zero-order valence-corrected chi connectivity index (χ0v) is 63.6. The summed E-state index contributed by atoms with van der Waals surface area (Å²) in [5, 5.41) is 82.6. The van der Waals surface area contributed by atoms with Crippen LogP contribution in [-0.4, -0.2) is 140 Å². The van der Waals surface area contributed by atoms with Crippen LogP contribution in [0.1, 0.15) is 223 Å². The minimum atomic E-state index is -1.00. The molecular formula is C87H117NO20. The molecule has 0 unspecified atom stereocenters. The third-order valence-corrected chi connectivity index (χ3v) is 23.5. The lowest BCUT2D eigenvalue weighted by Gasteiger charge is -2.32. The Bertz CT molecular complexity index is 3730. The van der Waals surface area contributed by atoms with Crippen LogP contribution < -0.4 is 19.5 Å². The van der Waals surface area contributed by atoms with Gasteiger partial charge in [-0.3, -0.25) is 0 Å². The molecule has 0 saturated heterocycles. The molecule has 0 heterocycles. The zero-order valence-electron chi connectivity index (χ0n) is 63.6. The molecule has 5 aromatic carbocycles. The highest BCUT2D eigenvalue weighted by molar-refractivity contribution is 5.92. The Kier molecular flexibility index (Phi) is 32.5. The summed E-state index contributed by atoms with van der Waals surface area (Å²) in [6.45, 7) is 7.99. The van der Waals surface area contributed by atoms with Gasteiger partial charge in [-0.1, -0.05) is 121 Å². The minimum absolute atomic E-state index is 0.0335. The van der Waals surface area contributed by atoms with Crippen molar-refractivity contribution >= 4 is 35.9 Å². The standard InChI is InChI=1S/2C30H38O7.C27H41NO6/c1-2-3-4-10-23(37-30(35)20-8-5-9-22(31)14-20)12-13-24-25-15-19-7-6-11-28(36-18-29(33)34)26(19)16-21(25)17-27(24)32;1-2-3-4-9-21(37-30(35)23-10-5-6-11-26(23)31)13-14-22-24-15-19-8-7-12-28(36-18-29(33)34)25(19)16-20(24)17-27(22)32;1-3-5-6-9-20(34-27(32)28-13-4-2)11-12-21-22-14-18-8-7-10-25(33-17-26(30)31)23(18)15-19(22)16-24(21)29/h5-9,11,14,21,23-25,27,31-32H,2-4,10,12-13,15-18H2,1H3,(H,33,34);5-8,10-12,20-22,24,27,31-32H,2-4,9,13-18H2,1H3,(H,33,34);7-8,10,19-22,24,29H,3-6,9,11-17H2,1-2H3,(H,28,32)(H,30,31)/t21-,23-,24+,25-,27+;20-,21-,22+,24-,27+;19-,20-,21+,22-,24+/m000/s1. The predicted octanol–water partition coefficient (Wildman–Crippen LogP) is 15.0. The van der Waals surface area contributed by atoms with Crippen LogP contribution in [0.25, 0.3) is 0 Å². The zero-order chi connectivity index (χ0) is 77.2. The Morgan fingerprint density at radius 2 is 0.806 bits per heavy atom. The lowest BCUT2D eigenvalue weighted by atomic mass is 9.73. The molecule has 21 heteroatoms. The number of esters is 2. The van der Waals surface area contributed by atoms with Crippen LogP contribution >= 0.6 is 0 Å². The van der Waals surface area contributed by atoms with Crippen molar-refractivity contribution in [2.75, 3.05) is 26.4 Å². The van der Waals surface area contributed by atoms with Gasteiger partial charge in [-0.25, -0.2) is 28.8 Å². The molecule has 1 amide bonds. The average Bonchev–Trinajstić information content (AvgIpc) is 1.61. The number of unbranched alkanes of at least 4 members (excludes halogenated alkanes) is 6. The second kappa shape index (κ2) is 42.0. The normalized spacial score (nSPS) is 23.4. The van der Waals surface area contributed by atoms with Crippen molar-refractivity contribution in [2.45, 2.75) is 244 Å². The van der Waals surface area contributed by atoms with E-state index in [1.807, 2.05) is 43.3 Å². The molecule has 6 aliphatic carbocycles. The van der Waals surface area contributed by atoms with Gasteiger partial charge < -0.3 is 74.6 Å². The van der Waals surface area contributed by atoms with Crippen molar-refractivity contribution in [1.82, 2.24) is 5.32 Å². The number of carbonyl (C=O) groups is 6. The molecule has 3 saturated carbocycles. The first-order valence-corrected chi connectivity index (χ1v) is 40.0. The largest absolute Gasteiger partial charge is 0.508 e.